The Morgan fingerprint density at radius 1 is 1.00 bits per heavy atom. The van der Waals surface area contributed by atoms with E-state index in [1.807, 2.05) is 73.8 Å². The van der Waals surface area contributed by atoms with Crippen molar-refractivity contribution in [1.29, 1.82) is 5.41 Å². The molecule has 0 fully saturated rings. The molecule has 0 aliphatic heterocycles. The van der Waals surface area contributed by atoms with Crippen molar-refractivity contribution in [3.8, 4) is 11.3 Å². The second-order valence-corrected chi connectivity index (χ2v) is 6.99. The highest BCUT2D eigenvalue weighted by Crippen LogP contribution is 2.27. The minimum absolute atomic E-state index is 0.168. The van der Waals surface area contributed by atoms with E-state index in [2.05, 4.69) is 20.6 Å². The minimum atomic E-state index is -0.471. The van der Waals surface area contributed by atoms with E-state index in [0.29, 0.717) is 12.1 Å². The summed E-state index contributed by atoms with van der Waals surface area (Å²) in [4.78, 5) is 8.26. The van der Waals surface area contributed by atoms with E-state index in [1.165, 1.54) is 12.5 Å². The largest absolute Gasteiger partial charge is 0.388 e. The second kappa shape index (κ2) is 9.17. The zero-order valence-corrected chi connectivity index (χ0v) is 17.1. The molecule has 3 N–H and O–H groups in total. The molecule has 1 heterocycles. The van der Waals surface area contributed by atoms with Crippen molar-refractivity contribution >= 4 is 28.5 Å². The number of nitrogens with zero attached hydrogens (tertiary/aromatic N) is 2. The number of aromatic nitrogens is 2. The van der Waals surface area contributed by atoms with Crippen LogP contribution in [-0.2, 0) is 6.54 Å². The summed E-state index contributed by atoms with van der Waals surface area (Å²) in [5.74, 6) is -0.303. The molecule has 154 valence electrons. The van der Waals surface area contributed by atoms with Crippen LogP contribution < -0.4 is 10.6 Å². The van der Waals surface area contributed by atoms with Gasteiger partial charge in [-0.2, -0.15) is 0 Å². The highest BCUT2D eigenvalue weighted by molar-refractivity contribution is 5.87. The first-order valence-corrected chi connectivity index (χ1v) is 9.91. The topological polar surface area (TPSA) is 73.7 Å². The third-order valence-corrected chi connectivity index (χ3v) is 5.06. The number of hydrogen-bond donors (Lipinski definition) is 3. The van der Waals surface area contributed by atoms with Gasteiger partial charge in [-0.25, -0.2) is 14.4 Å². The number of rotatable bonds is 7. The maximum Gasteiger partial charge on any atom is 0.191 e. The van der Waals surface area contributed by atoms with Crippen molar-refractivity contribution in [3.63, 3.8) is 0 Å². The highest BCUT2D eigenvalue weighted by Gasteiger charge is 2.13. The van der Waals surface area contributed by atoms with E-state index >= 15 is 4.39 Å². The zero-order chi connectivity index (χ0) is 21.6. The van der Waals surface area contributed by atoms with Gasteiger partial charge in [0.15, 0.2) is 11.6 Å². The van der Waals surface area contributed by atoms with Gasteiger partial charge >= 0.3 is 0 Å². The predicted octanol–water partition coefficient (Wildman–Crippen LogP) is 5.26. The van der Waals surface area contributed by atoms with Crippen molar-refractivity contribution < 1.29 is 4.39 Å². The summed E-state index contributed by atoms with van der Waals surface area (Å²) in [6, 6.07) is 21.6. The molecule has 3 aromatic carbocycles. The van der Waals surface area contributed by atoms with Gasteiger partial charge in [0.25, 0.3) is 0 Å². The van der Waals surface area contributed by atoms with Gasteiger partial charge in [-0.1, -0.05) is 60.7 Å². The van der Waals surface area contributed by atoms with Gasteiger partial charge in [0, 0.05) is 31.1 Å². The monoisotopic (exact) mass is 411 g/mol. The Kier molecular flexibility index (Phi) is 5.98. The Balaban J connectivity index is 1.53. The Morgan fingerprint density at radius 3 is 2.52 bits per heavy atom. The first-order valence-electron chi connectivity index (χ1n) is 9.91. The van der Waals surface area contributed by atoms with E-state index in [0.717, 1.165) is 27.6 Å². The quantitative estimate of drug-likeness (QED) is 0.363. The van der Waals surface area contributed by atoms with Crippen LogP contribution in [0.25, 0.3) is 27.7 Å². The SMILES string of the molecule is CN/C(=C\C=N)c1ccc(CNc2ncnc(-c3ccc4ccccc4c3)c2F)cc1. The minimum Gasteiger partial charge on any atom is -0.388 e. The molecule has 0 bridgehead atoms. The van der Waals surface area contributed by atoms with Gasteiger partial charge in [0.2, 0.25) is 0 Å². The maximum atomic E-state index is 15.1. The Morgan fingerprint density at radius 2 is 1.77 bits per heavy atom. The molecule has 0 aliphatic carbocycles. The molecule has 0 unspecified atom stereocenters. The van der Waals surface area contributed by atoms with Gasteiger partial charge in [-0.15, -0.1) is 0 Å². The number of allylic oxidation sites excluding steroid dienone is 1. The summed E-state index contributed by atoms with van der Waals surface area (Å²) in [6.45, 7) is 0.425. The summed E-state index contributed by atoms with van der Waals surface area (Å²) < 4.78 is 15.1. The van der Waals surface area contributed by atoms with Crippen molar-refractivity contribution in [2.45, 2.75) is 6.54 Å². The molecule has 6 heteroatoms. The van der Waals surface area contributed by atoms with Crippen LogP contribution in [0.1, 0.15) is 11.1 Å². The summed E-state index contributed by atoms with van der Waals surface area (Å²) in [6.07, 6.45) is 4.31. The van der Waals surface area contributed by atoms with Crippen LogP contribution in [0.2, 0.25) is 0 Å². The third kappa shape index (κ3) is 4.43. The molecule has 5 nitrogen and oxygen atoms in total. The van der Waals surface area contributed by atoms with Crippen LogP contribution in [-0.4, -0.2) is 23.2 Å². The van der Waals surface area contributed by atoms with Crippen LogP contribution in [0.15, 0.2) is 79.1 Å². The summed E-state index contributed by atoms with van der Waals surface area (Å²) in [5.41, 5.74) is 3.80. The van der Waals surface area contributed by atoms with E-state index < -0.39 is 5.82 Å². The molecule has 1 aromatic heterocycles. The first kappa shape index (κ1) is 20.2. The van der Waals surface area contributed by atoms with Crippen LogP contribution in [0, 0.1) is 11.2 Å². The number of benzene rings is 3. The lowest BCUT2D eigenvalue weighted by Gasteiger charge is -2.11. The van der Waals surface area contributed by atoms with E-state index in [-0.39, 0.29) is 11.5 Å². The van der Waals surface area contributed by atoms with E-state index in [4.69, 9.17) is 5.41 Å². The zero-order valence-electron chi connectivity index (χ0n) is 17.1. The molecule has 31 heavy (non-hydrogen) atoms. The van der Waals surface area contributed by atoms with Gasteiger partial charge in [-0.05, 0) is 34.0 Å². The van der Waals surface area contributed by atoms with E-state index in [9.17, 15) is 0 Å². The lowest BCUT2D eigenvalue weighted by atomic mass is 10.0. The molecule has 4 rings (SSSR count). The highest BCUT2D eigenvalue weighted by atomic mass is 19.1. The maximum absolute atomic E-state index is 15.1. The predicted molar refractivity (Wildman–Crippen MR) is 125 cm³/mol. The molecular formula is C25H22FN5. The fourth-order valence-corrected chi connectivity index (χ4v) is 3.43. The molecule has 0 spiro atoms. The van der Waals surface area contributed by atoms with Crippen molar-refractivity contribution in [2.24, 2.45) is 0 Å². The molecule has 0 saturated carbocycles. The Hall–Kier alpha value is -4.06. The fourth-order valence-electron chi connectivity index (χ4n) is 3.43. The molecule has 0 radical (unpaired) electrons. The van der Waals surface area contributed by atoms with Crippen LogP contribution >= 0.6 is 0 Å². The third-order valence-electron chi connectivity index (χ3n) is 5.06. The number of anilines is 1. The second-order valence-electron chi connectivity index (χ2n) is 6.99. The van der Waals surface area contributed by atoms with Crippen LogP contribution in [0.4, 0.5) is 10.2 Å². The summed E-state index contributed by atoms with van der Waals surface area (Å²) >= 11 is 0. The Labute approximate surface area is 180 Å². The fraction of sp³-hybridized carbons (Fsp3) is 0.0800. The number of hydrogen-bond acceptors (Lipinski definition) is 5. The average molecular weight is 411 g/mol. The van der Waals surface area contributed by atoms with Gasteiger partial charge in [-0.3, -0.25) is 0 Å². The van der Waals surface area contributed by atoms with Crippen molar-refractivity contribution in [1.82, 2.24) is 15.3 Å². The molecule has 0 saturated heterocycles. The standard InChI is InChI=1S/C25H22FN5/c1-28-22(12-13-27)19-8-6-17(7-9-19)15-29-25-23(26)24(30-16-31-25)21-11-10-18-4-2-3-5-20(18)14-21/h2-14,16,27-28H,15H2,1H3,(H,29,30,31)/b22-12-,27-13?. The molecule has 0 atom stereocenters. The van der Waals surface area contributed by atoms with Gasteiger partial charge < -0.3 is 16.0 Å². The average Bonchev–Trinajstić information content (AvgIpc) is 2.82. The van der Waals surface area contributed by atoms with Gasteiger partial charge in [0.05, 0.1) is 0 Å². The Bertz CT molecular complexity index is 1250. The lowest BCUT2D eigenvalue weighted by molar-refractivity contribution is 0.621. The summed E-state index contributed by atoms with van der Waals surface area (Å²) in [5, 5.41) is 15.5. The summed E-state index contributed by atoms with van der Waals surface area (Å²) in [7, 11) is 1.82. The van der Waals surface area contributed by atoms with Crippen LogP contribution in [0.3, 0.4) is 0 Å². The normalized spacial score (nSPS) is 11.4. The van der Waals surface area contributed by atoms with Crippen molar-refractivity contribution in [3.05, 3.63) is 96.1 Å². The van der Waals surface area contributed by atoms with Gasteiger partial charge in [0.1, 0.15) is 12.0 Å². The molecule has 0 aliphatic rings. The molecule has 4 aromatic rings. The van der Waals surface area contributed by atoms with Crippen LogP contribution in [0.5, 0.6) is 0 Å². The first-order chi connectivity index (χ1) is 15.2. The number of halogens is 1. The molecule has 0 amide bonds. The smallest absolute Gasteiger partial charge is 0.191 e. The van der Waals surface area contributed by atoms with Crippen molar-refractivity contribution in [2.75, 3.05) is 12.4 Å². The van der Waals surface area contributed by atoms with E-state index in [1.54, 1.807) is 6.08 Å². The number of fused-ring (bicyclic) bond motifs is 1. The lowest BCUT2D eigenvalue weighted by Crippen LogP contribution is -2.07. The molecular weight excluding hydrogens is 389 g/mol. The number of nitrogens with one attached hydrogen (secondary N) is 3.